The lowest BCUT2D eigenvalue weighted by Crippen LogP contribution is -2.00. The number of alkyl halides is 1. The van der Waals surface area contributed by atoms with Crippen LogP contribution in [-0.4, -0.2) is 11.5 Å². The summed E-state index contributed by atoms with van der Waals surface area (Å²) >= 11 is 4.47. The molecular weight excluding hydrogens is 216 g/mol. The number of hydrogen-bond donors (Lipinski definition) is 0. The lowest BCUT2D eigenvalue weighted by atomic mass is 10.4. The van der Waals surface area contributed by atoms with Gasteiger partial charge in [0.25, 0.3) is 0 Å². The summed E-state index contributed by atoms with van der Waals surface area (Å²) in [7, 11) is 0. The molecule has 0 unspecified atom stereocenters. The van der Waals surface area contributed by atoms with Gasteiger partial charge in [-0.2, -0.15) is 11.3 Å². The summed E-state index contributed by atoms with van der Waals surface area (Å²) in [5.41, 5.74) is 0.867. The first-order valence-electron chi connectivity index (χ1n) is 2.60. The van der Waals surface area contributed by atoms with Gasteiger partial charge in [0.05, 0.1) is 5.56 Å². The van der Waals surface area contributed by atoms with Crippen molar-refractivity contribution in [1.82, 2.24) is 0 Å². The summed E-state index contributed by atoms with van der Waals surface area (Å²) in [5, 5.41) is 3.59. The van der Waals surface area contributed by atoms with Crippen LogP contribution in [0.5, 0.6) is 0 Å². The fourth-order valence-corrected chi connectivity index (χ4v) is 1.35. The molecule has 0 radical (unpaired) electrons. The molecule has 0 spiro atoms. The third kappa shape index (κ3) is 1.82. The molecule has 0 atom stereocenters. The Balaban J connectivity index is 2.59. The minimum atomic E-state index is -0.280. The molecular formula is C6H5BrO2S. The number of ether oxygens (including phenoxy) is 1. The van der Waals surface area contributed by atoms with E-state index in [1.807, 2.05) is 5.38 Å². The fourth-order valence-electron chi connectivity index (χ4n) is 0.513. The van der Waals surface area contributed by atoms with Gasteiger partial charge in [0.1, 0.15) is 5.52 Å². The molecule has 2 nitrogen and oxygen atoms in total. The van der Waals surface area contributed by atoms with Crippen LogP contribution < -0.4 is 0 Å². The Morgan fingerprint density at radius 1 is 1.80 bits per heavy atom. The predicted molar refractivity (Wildman–Crippen MR) is 43.5 cm³/mol. The summed E-state index contributed by atoms with van der Waals surface area (Å²) in [6.07, 6.45) is 0. The van der Waals surface area contributed by atoms with E-state index in [2.05, 4.69) is 20.7 Å². The van der Waals surface area contributed by atoms with Gasteiger partial charge in [-0.15, -0.1) is 0 Å². The van der Waals surface area contributed by atoms with Crippen molar-refractivity contribution in [3.63, 3.8) is 0 Å². The van der Waals surface area contributed by atoms with Gasteiger partial charge in [0.15, 0.2) is 0 Å². The highest BCUT2D eigenvalue weighted by atomic mass is 79.9. The van der Waals surface area contributed by atoms with E-state index in [-0.39, 0.29) is 11.5 Å². The molecule has 0 amide bonds. The molecule has 0 aliphatic carbocycles. The zero-order valence-electron chi connectivity index (χ0n) is 5.04. The first kappa shape index (κ1) is 7.75. The van der Waals surface area contributed by atoms with Gasteiger partial charge in [-0.3, -0.25) is 0 Å². The minimum absolute atomic E-state index is 0.252. The highest BCUT2D eigenvalue weighted by Gasteiger charge is 2.04. The van der Waals surface area contributed by atoms with E-state index < -0.39 is 0 Å². The first-order chi connectivity index (χ1) is 4.84. The molecule has 1 heterocycles. The number of halogens is 1. The number of carbonyl (C=O) groups is 1. The van der Waals surface area contributed by atoms with Crippen molar-refractivity contribution in [1.29, 1.82) is 0 Å². The molecule has 4 heteroatoms. The van der Waals surface area contributed by atoms with Crippen LogP contribution in [0.2, 0.25) is 0 Å². The number of esters is 1. The molecule has 0 aromatic carbocycles. The monoisotopic (exact) mass is 220 g/mol. The lowest BCUT2D eigenvalue weighted by Gasteiger charge is -1.94. The van der Waals surface area contributed by atoms with Gasteiger partial charge >= 0.3 is 5.97 Å². The van der Waals surface area contributed by atoms with Crippen LogP contribution in [0.1, 0.15) is 10.4 Å². The molecule has 0 N–H and O–H groups in total. The van der Waals surface area contributed by atoms with Crippen LogP contribution in [0.15, 0.2) is 16.8 Å². The number of carbonyl (C=O) groups excluding carboxylic acids is 1. The summed E-state index contributed by atoms with van der Waals surface area (Å²) in [6.45, 7) is 0. The summed E-state index contributed by atoms with van der Waals surface area (Å²) in [5.74, 6) is -0.280. The average Bonchev–Trinajstić information content (AvgIpc) is 2.38. The largest absolute Gasteiger partial charge is 0.450 e. The SMILES string of the molecule is O=C(OCBr)c1ccsc1. The third-order valence-corrected chi connectivity index (χ3v) is 1.85. The van der Waals surface area contributed by atoms with Crippen molar-refractivity contribution in [3.8, 4) is 0 Å². The molecule has 1 aromatic heterocycles. The van der Waals surface area contributed by atoms with E-state index in [9.17, 15) is 4.79 Å². The second-order valence-electron chi connectivity index (χ2n) is 1.55. The standard InChI is InChI=1S/C6H5BrO2S/c7-4-9-6(8)5-1-2-10-3-5/h1-3H,4H2. The molecule has 0 saturated carbocycles. The Kier molecular flexibility index (Phi) is 2.89. The van der Waals surface area contributed by atoms with E-state index in [0.29, 0.717) is 5.56 Å². The topological polar surface area (TPSA) is 26.3 Å². The van der Waals surface area contributed by atoms with Crippen LogP contribution in [0, 0.1) is 0 Å². The second kappa shape index (κ2) is 3.73. The van der Waals surface area contributed by atoms with Crippen molar-refractivity contribution in [2.75, 3.05) is 5.52 Å². The fraction of sp³-hybridized carbons (Fsp3) is 0.167. The highest BCUT2D eigenvalue weighted by molar-refractivity contribution is 9.09. The van der Waals surface area contributed by atoms with E-state index in [1.165, 1.54) is 11.3 Å². The highest BCUT2D eigenvalue weighted by Crippen LogP contribution is 2.07. The van der Waals surface area contributed by atoms with Gasteiger partial charge in [0, 0.05) is 5.38 Å². The molecule has 54 valence electrons. The van der Waals surface area contributed by atoms with Crippen LogP contribution in [0.4, 0.5) is 0 Å². The number of thiophene rings is 1. The van der Waals surface area contributed by atoms with Crippen molar-refractivity contribution in [2.45, 2.75) is 0 Å². The molecule has 0 fully saturated rings. The zero-order valence-corrected chi connectivity index (χ0v) is 7.44. The van der Waals surface area contributed by atoms with Crippen LogP contribution in [-0.2, 0) is 4.74 Å². The Hall–Kier alpha value is -0.350. The number of hydrogen-bond acceptors (Lipinski definition) is 3. The quantitative estimate of drug-likeness (QED) is 0.565. The zero-order chi connectivity index (χ0) is 7.40. The Labute approximate surface area is 70.9 Å². The molecule has 0 aliphatic rings. The van der Waals surface area contributed by atoms with Gasteiger partial charge < -0.3 is 4.74 Å². The van der Waals surface area contributed by atoms with Crippen LogP contribution >= 0.6 is 27.3 Å². The van der Waals surface area contributed by atoms with Gasteiger partial charge in [-0.25, -0.2) is 4.79 Å². The second-order valence-corrected chi connectivity index (χ2v) is 2.79. The molecule has 10 heavy (non-hydrogen) atoms. The Morgan fingerprint density at radius 2 is 2.60 bits per heavy atom. The summed E-state index contributed by atoms with van der Waals surface area (Å²) in [4.78, 5) is 10.9. The first-order valence-corrected chi connectivity index (χ1v) is 4.66. The van der Waals surface area contributed by atoms with E-state index in [4.69, 9.17) is 0 Å². The molecule has 1 aromatic rings. The maximum atomic E-state index is 10.9. The minimum Gasteiger partial charge on any atom is -0.450 e. The van der Waals surface area contributed by atoms with Crippen molar-refractivity contribution < 1.29 is 9.53 Å². The smallest absolute Gasteiger partial charge is 0.339 e. The summed E-state index contributed by atoms with van der Waals surface area (Å²) in [6, 6.07) is 1.73. The molecule has 0 aliphatic heterocycles. The predicted octanol–water partition coefficient (Wildman–Crippen LogP) is 2.26. The maximum absolute atomic E-state index is 10.9. The normalized spacial score (nSPS) is 9.30. The summed E-state index contributed by atoms with van der Waals surface area (Å²) < 4.78 is 4.67. The lowest BCUT2D eigenvalue weighted by molar-refractivity contribution is 0.0584. The molecule has 0 bridgehead atoms. The van der Waals surface area contributed by atoms with Crippen LogP contribution in [0.25, 0.3) is 0 Å². The Morgan fingerprint density at radius 3 is 3.10 bits per heavy atom. The molecule has 1 rings (SSSR count). The average molecular weight is 221 g/mol. The van der Waals surface area contributed by atoms with Gasteiger partial charge in [-0.1, -0.05) is 0 Å². The Bertz CT molecular complexity index is 208. The van der Waals surface area contributed by atoms with E-state index in [1.54, 1.807) is 11.4 Å². The van der Waals surface area contributed by atoms with Crippen molar-refractivity contribution in [3.05, 3.63) is 22.4 Å². The van der Waals surface area contributed by atoms with Crippen molar-refractivity contribution >= 4 is 33.2 Å². The third-order valence-electron chi connectivity index (χ3n) is 0.943. The van der Waals surface area contributed by atoms with E-state index in [0.717, 1.165) is 0 Å². The van der Waals surface area contributed by atoms with Crippen LogP contribution in [0.3, 0.4) is 0 Å². The maximum Gasteiger partial charge on any atom is 0.339 e. The van der Waals surface area contributed by atoms with Gasteiger partial charge in [-0.05, 0) is 27.4 Å². The van der Waals surface area contributed by atoms with E-state index >= 15 is 0 Å². The molecule has 0 saturated heterocycles. The number of rotatable bonds is 2. The van der Waals surface area contributed by atoms with Gasteiger partial charge in [0.2, 0.25) is 0 Å². The van der Waals surface area contributed by atoms with Crippen molar-refractivity contribution in [2.24, 2.45) is 0 Å².